The molecule has 0 aliphatic rings. The maximum absolute atomic E-state index is 12.3. The van der Waals surface area contributed by atoms with Gasteiger partial charge in [-0.05, 0) is 24.6 Å². The van der Waals surface area contributed by atoms with Crippen LogP contribution in [0.4, 0.5) is 0 Å². The molecule has 0 spiro atoms. The number of aromatic nitrogens is 1. The molecule has 2 aromatic carbocycles. The standard InChI is InChI=1S/C18H16N2O.C2H6/c1-13-16(11-15-9-5-6-10-17(15)20-13)18(21)19-12-14-7-3-2-4-8-14;1-2/h2-11H,12H2,1H3,(H,19,21);1-2H3. The molecule has 0 atom stereocenters. The van der Waals surface area contributed by atoms with Gasteiger partial charge in [-0.1, -0.05) is 62.4 Å². The third-order valence-electron chi connectivity index (χ3n) is 3.46. The number of para-hydroxylation sites is 1. The molecular weight excluding hydrogens is 284 g/mol. The predicted molar refractivity (Wildman–Crippen MR) is 95.4 cm³/mol. The van der Waals surface area contributed by atoms with Crippen LogP contribution in [-0.4, -0.2) is 10.9 Å². The van der Waals surface area contributed by atoms with Crippen LogP contribution in [0.15, 0.2) is 60.7 Å². The van der Waals surface area contributed by atoms with E-state index in [0.717, 1.165) is 22.2 Å². The number of aryl methyl sites for hydroxylation is 1. The average molecular weight is 306 g/mol. The lowest BCUT2D eigenvalue weighted by molar-refractivity contribution is 0.0950. The molecule has 0 bridgehead atoms. The molecule has 0 fully saturated rings. The molecule has 0 radical (unpaired) electrons. The molecule has 0 aliphatic heterocycles. The maximum Gasteiger partial charge on any atom is 0.253 e. The van der Waals surface area contributed by atoms with Crippen molar-refractivity contribution in [2.24, 2.45) is 0 Å². The van der Waals surface area contributed by atoms with Crippen LogP contribution in [0, 0.1) is 6.92 Å². The molecule has 1 N–H and O–H groups in total. The number of carbonyl (C=O) groups is 1. The van der Waals surface area contributed by atoms with Crippen LogP contribution < -0.4 is 5.32 Å². The van der Waals surface area contributed by atoms with Gasteiger partial charge in [-0.25, -0.2) is 0 Å². The van der Waals surface area contributed by atoms with Crippen molar-refractivity contribution in [3.05, 3.63) is 77.5 Å². The summed E-state index contributed by atoms with van der Waals surface area (Å²) in [7, 11) is 0. The van der Waals surface area contributed by atoms with Crippen molar-refractivity contribution in [2.45, 2.75) is 27.3 Å². The molecule has 0 aliphatic carbocycles. The molecule has 3 nitrogen and oxygen atoms in total. The van der Waals surface area contributed by atoms with Crippen LogP contribution in [0.5, 0.6) is 0 Å². The van der Waals surface area contributed by atoms with E-state index in [1.807, 2.05) is 81.4 Å². The summed E-state index contributed by atoms with van der Waals surface area (Å²) >= 11 is 0. The lowest BCUT2D eigenvalue weighted by Gasteiger charge is -2.09. The first kappa shape index (κ1) is 16.7. The number of amides is 1. The van der Waals surface area contributed by atoms with E-state index in [9.17, 15) is 4.79 Å². The fourth-order valence-electron chi connectivity index (χ4n) is 2.32. The Hall–Kier alpha value is -2.68. The molecule has 118 valence electrons. The Morgan fingerprint density at radius 1 is 1.00 bits per heavy atom. The van der Waals surface area contributed by atoms with Crippen LogP contribution in [0.2, 0.25) is 0 Å². The quantitative estimate of drug-likeness (QED) is 0.774. The van der Waals surface area contributed by atoms with E-state index in [1.165, 1.54) is 0 Å². The number of nitrogens with one attached hydrogen (secondary N) is 1. The van der Waals surface area contributed by atoms with E-state index in [1.54, 1.807) is 0 Å². The molecule has 1 amide bonds. The number of pyridine rings is 1. The SMILES string of the molecule is CC.Cc1nc2ccccc2cc1C(=O)NCc1ccccc1. The van der Waals surface area contributed by atoms with Gasteiger partial charge < -0.3 is 5.32 Å². The van der Waals surface area contributed by atoms with E-state index < -0.39 is 0 Å². The van der Waals surface area contributed by atoms with Gasteiger partial charge in [0.05, 0.1) is 16.8 Å². The van der Waals surface area contributed by atoms with Gasteiger partial charge >= 0.3 is 0 Å². The normalized spacial score (nSPS) is 9.87. The van der Waals surface area contributed by atoms with E-state index in [0.29, 0.717) is 12.1 Å². The number of benzene rings is 2. The van der Waals surface area contributed by atoms with Gasteiger partial charge in [0.1, 0.15) is 0 Å². The van der Waals surface area contributed by atoms with Crippen molar-refractivity contribution < 1.29 is 4.79 Å². The number of carbonyl (C=O) groups excluding carboxylic acids is 1. The molecule has 0 unspecified atom stereocenters. The summed E-state index contributed by atoms with van der Waals surface area (Å²) in [5.41, 5.74) is 3.37. The Kier molecular flexibility index (Phi) is 5.87. The zero-order chi connectivity index (χ0) is 16.7. The van der Waals surface area contributed by atoms with Gasteiger partial charge in [0.25, 0.3) is 5.91 Å². The van der Waals surface area contributed by atoms with Crippen LogP contribution in [0.3, 0.4) is 0 Å². The minimum absolute atomic E-state index is 0.0883. The zero-order valence-corrected chi connectivity index (χ0v) is 13.8. The number of hydrogen-bond acceptors (Lipinski definition) is 2. The first-order valence-electron chi connectivity index (χ1n) is 7.92. The second-order valence-electron chi connectivity index (χ2n) is 4.98. The fraction of sp³-hybridized carbons (Fsp3) is 0.200. The average Bonchev–Trinajstić information content (AvgIpc) is 2.61. The minimum atomic E-state index is -0.0883. The number of fused-ring (bicyclic) bond motifs is 1. The lowest BCUT2D eigenvalue weighted by Crippen LogP contribution is -2.23. The molecule has 3 heteroatoms. The van der Waals surface area contributed by atoms with E-state index in [-0.39, 0.29) is 5.91 Å². The third kappa shape index (κ3) is 4.16. The van der Waals surface area contributed by atoms with Crippen LogP contribution in [0.1, 0.15) is 35.5 Å². The van der Waals surface area contributed by atoms with Gasteiger partial charge in [0.15, 0.2) is 0 Å². The minimum Gasteiger partial charge on any atom is -0.348 e. The summed E-state index contributed by atoms with van der Waals surface area (Å²) in [6.45, 7) is 6.38. The Morgan fingerprint density at radius 2 is 1.65 bits per heavy atom. The van der Waals surface area contributed by atoms with E-state index >= 15 is 0 Å². The van der Waals surface area contributed by atoms with Gasteiger partial charge in [0, 0.05) is 11.9 Å². The molecule has 1 aromatic heterocycles. The summed E-state index contributed by atoms with van der Waals surface area (Å²) in [4.78, 5) is 16.8. The van der Waals surface area contributed by atoms with Crippen molar-refractivity contribution in [1.82, 2.24) is 10.3 Å². The Bertz CT molecular complexity index is 782. The molecule has 3 aromatic rings. The summed E-state index contributed by atoms with van der Waals surface area (Å²) in [6.07, 6.45) is 0. The second kappa shape index (κ2) is 8.08. The van der Waals surface area contributed by atoms with Gasteiger partial charge in [-0.15, -0.1) is 0 Å². The fourth-order valence-corrected chi connectivity index (χ4v) is 2.32. The molecule has 0 saturated carbocycles. The lowest BCUT2D eigenvalue weighted by atomic mass is 10.1. The number of nitrogens with zero attached hydrogens (tertiary/aromatic N) is 1. The summed E-state index contributed by atoms with van der Waals surface area (Å²) in [6, 6.07) is 19.6. The van der Waals surface area contributed by atoms with Crippen molar-refractivity contribution >= 4 is 16.8 Å². The van der Waals surface area contributed by atoms with Crippen LogP contribution >= 0.6 is 0 Å². The first-order valence-corrected chi connectivity index (χ1v) is 7.92. The molecule has 1 heterocycles. The highest BCUT2D eigenvalue weighted by Gasteiger charge is 2.11. The first-order chi connectivity index (χ1) is 11.2. The van der Waals surface area contributed by atoms with E-state index in [2.05, 4.69) is 10.3 Å². The maximum atomic E-state index is 12.3. The van der Waals surface area contributed by atoms with Gasteiger partial charge in [-0.3, -0.25) is 9.78 Å². The highest BCUT2D eigenvalue weighted by atomic mass is 16.1. The highest BCUT2D eigenvalue weighted by Crippen LogP contribution is 2.16. The highest BCUT2D eigenvalue weighted by molar-refractivity contribution is 5.98. The van der Waals surface area contributed by atoms with E-state index in [4.69, 9.17) is 0 Å². The molecular formula is C20H22N2O. The Balaban J connectivity index is 0.000000924. The topological polar surface area (TPSA) is 42.0 Å². The second-order valence-corrected chi connectivity index (χ2v) is 4.98. The Labute approximate surface area is 137 Å². The predicted octanol–water partition coefficient (Wildman–Crippen LogP) is 4.50. The largest absolute Gasteiger partial charge is 0.348 e. The van der Waals surface area contributed by atoms with Gasteiger partial charge in [-0.2, -0.15) is 0 Å². The summed E-state index contributed by atoms with van der Waals surface area (Å²) < 4.78 is 0. The molecule has 3 rings (SSSR count). The van der Waals surface area contributed by atoms with Crippen molar-refractivity contribution in [2.75, 3.05) is 0 Å². The van der Waals surface area contributed by atoms with Crippen molar-refractivity contribution in [1.29, 1.82) is 0 Å². The number of rotatable bonds is 3. The van der Waals surface area contributed by atoms with Crippen molar-refractivity contribution in [3.63, 3.8) is 0 Å². The van der Waals surface area contributed by atoms with Gasteiger partial charge in [0.2, 0.25) is 0 Å². The monoisotopic (exact) mass is 306 g/mol. The smallest absolute Gasteiger partial charge is 0.253 e. The third-order valence-corrected chi connectivity index (χ3v) is 3.46. The van der Waals surface area contributed by atoms with Crippen LogP contribution in [-0.2, 0) is 6.54 Å². The van der Waals surface area contributed by atoms with Crippen LogP contribution in [0.25, 0.3) is 10.9 Å². The molecule has 23 heavy (non-hydrogen) atoms. The zero-order valence-electron chi connectivity index (χ0n) is 13.8. The van der Waals surface area contributed by atoms with Crippen molar-refractivity contribution in [3.8, 4) is 0 Å². The summed E-state index contributed by atoms with van der Waals surface area (Å²) in [5.74, 6) is -0.0883. The number of hydrogen-bond donors (Lipinski definition) is 1. The summed E-state index contributed by atoms with van der Waals surface area (Å²) in [5, 5.41) is 3.92. The molecule has 0 saturated heterocycles. The Morgan fingerprint density at radius 3 is 2.39 bits per heavy atom.